The molecule has 0 saturated heterocycles. The van der Waals surface area contributed by atoms with E-state index in [1.807, 2.05) is 18.4 Å². The Bertz CT molecular complexity index is 912. The summed E-state index contributed by atoms with van der Waals surface area (Å²) in [6.07, 6.45) is 8.75. The van der Waals surface area contributed by atoms with Crippen LogP contribution in [0.2, 0.25) is 0 Å². The van der Waals surface area contributed by atoms with Crippen molar-refractivity contribution in [1.82, 2.24) is 14.3 Å². The number of urea groups is 1. The largest absolute Gasteiger partial charge is 0.329 e. The van der Waals surface area contributed by atoms with Crippen LogP contribution in [0.5, 0.6) is 0 Å². The van der Waals surface area contributed by atoms with E-state index >= 15 is 0 Å². The van der Waals surface area contributed by atoms with Gasteiger partial charge in [-0.05, 0) is 105 Å². The van der Waals surface area contributed by atoms with Crippen LogP contribution in [0, 0.1) is 13.8 Å². The third-order valence-corrected chi connectivity index (χ3v) is 6.53. The van der Waals surface area contributed by atoms with E-state index < -0.39 is 0 Å². The quantitative estimate of drug-likeness (QED) is 0.704. The van der Waals surface area contributed by atoms with E-state index in [2.05, 4.69) is 39.5 Å². The first kappa shape index (κ1) is 19.1. The first-order valence-electron chi connectivity index (χ1n) is 10.2. The Hall–Kier alpha value is -2.21. The van der Waals surface area contributed by atoms with Crippen molar-refractivity contribution in [2.45, 2.75) is 65.8 Å². The number of aryl methyl sites for hydroxylation is 3. The molecule has 0 fully saturated rings. The highest BCUT2D eigenvalue weighted by molar-refractivity contribution is 8.00. The van der Waals surface area contributed by atoms with Gasteiger partial charge in [0.05, 0.1) is 5.69 Å². The number of nitrogens with zero attached hydrogens (tertiary/aromatic N) is 2. The number of nitrogens with one attached hydrogen (secondary N) is 2. The maximum atomic E-state index is 12.5. The highest BCUT2D eigenvalue weighted by Crippen LogP contribution is 2.38. The van der Waals surface area contributed by atoms with Crippen molar-refractivity contribution in [3.63, 3.8) is 0 Å². The summed E-state index contributed by atoms with van der Waals surface area (Å²) in [7, 11) is 0. The number of carbonyl (C=O) groups is 1. The van der Waals surface area contributed by atoms with Crippen molar-refractivity contribution in [3.05, 3.63) is 50.9 Å². The molecule has 0 unspecified atom stereocenters. The third kappa shape index (κ3) is 3.58. The second-order valence-electron chi connectivity index (χ2n) is 7.60. The SMILES string of the molecule is CCn1c(/C=C/SNC(=O)Nc2c3c(cc4c2CCC4)CCC3)nc(C)c1C. The van der Waals surface area contributed by atoms with Gasteiger partial charge in [-0.1, -0.05) is 6.07 Å². The van der Waals surface area contributed by atoms with Gasteiger partial charge in [0, 0.05) is 17.9 Å². The summed E-state index contributed by atoms with van der Waals surface area (Å²) in [5.74, 6) is 0.922. The van der Waals surface area contributed by atoms with Gasteiger partial charge in [-0.3, -0.25) is 4.72 Å². The van der Waals surface area contributed by atoms with Crippen LogP contribution >= 0.6 is 11.9 Å². The Morgan fingerprint density at radius 1 is 1.18 bits per heavy atom. The average molecular weight is 397 g/mol. The van der Waals surface area contributed by atoms with Gasteiger partial charge in [-0.15, -0.1) is 0 Å². The Morgan fingerprint density at radius 2 is 1.86 bits per heavy atom. The minimum atomic E-state index is -0.157. The predicted octanol–water partition coefficient (Wildman–Crippen LogP) is 4.94. The normalized spacial score (nSPS) is 15.1. The average Bonchev–Trinajstić information content (AvgIpc) is 3.39. The monoisotopic (exact) mass is 396 g/mol. The Balaban J connectivity index is 1.41. The molecule has 6 heteroatoms. The maximum absolute atomic E-state index is 12.5. The van der Waals surface area contributed by atoms with Gasteiger partial charge < -0.3 is 9.88 Å². The van der Waals surface area contributed by atoms with Crippen molar-refractivity contribution in [3.8, 4) is 0 Å². The first-order valence-corrected chi connectivity index (χ1v) is 11.1. The minimum absolute atomic E-state index is 0.157. The molecule has 0 bridgehead atoms. The van der Waals surface area contributed by atoms with Crippen molar-refractivity contribution < 1.29 is 4.79 Å². The van der Waals surface area contributed by atoms with Crippen LogP contribution in [0.25, 0.3) is 6.08 Å². The molecule has 0 saturated carbocycles. The standard InChI is InChI=1S/C22H28N4OS/c1-4-26-15(3)14(2)23-20(26)11-12-28-25-22(27)24-21-18-9-5-7-16(18)13-17-8-6-10-19(17)21/h11-13H,4-10H2,1-3H3,(H2,24,25,27)/b12-11+. The number of amides is 2. The summed E-state index contributed by atoms with van der Waals surface area (Å²) in [5, 5.41) is 5.03. The number of anilines is 1. The maximum Gasteiger partial charge on any atom is 0.329 e. The number of carbonyl (C=O) groups excluding carboxylic acids is 1. The lowest BCUT2D eigenvalue weighted by Crippen LogP contribution is -2.23. The fourth-order valence-corrected chi connectivity index (χ4v) is 4.91. The number of aromatic nitrogens is 2. The molecule has 4 rings (SSSR count). The Morgan fingerprint density at radius 3 is 2.50 bits per heavy atom. The molecule has 0 aliphatic heterocycles. The van der Waals surface area contributed by atoms with E-state index in [9.17, 15) is 4.79 Å². The molecule has 0 radical (unpaired) electrons. The van der Waals surface area contributed by atoms with Crippen LogP contribution in [0.15, 0.2) is 11.5 Å². The molecule has 2 aliphatic rings. The van der Waals surface area contributed by atoms with Crippen LogP contribution in [0.1, 0.15) is 59.2 Å². The van der Waals surface area contributed by atoms with Crippen molar-refractivity contribution >= 4 is 29.7 Å². The van der Waals surface area contributed by atoms with Crippen LogP contribution in [0.4, 0.5) is 10.5 Å². The van der Waals surface area contributed by atoms with E-state index in [0.29, 0.717) is 0 Å². The number of imidazole rings is 1. The molecule has 0 atom stereocenters. The molecule has 2 aromatic rings. The zero-order chi connectivity index (χ0) is 19.7. The third-order valence-electron chi connectivity index (χ3n) is 5.95. The zero-order valence-corrected chi connectivity index (χ0v) is 17.7. The van der Waals surface area contributed by atoms with Gasteiger partial charge in [0.15, 0.2) is 0 Å². The smallest absolute Gasteiger partial charge is 0.329 e. The van der Waals surface area contributed by atoms with Crippen molar-refractivity contribution in [1.29, 1.82) is 0 Å². The topological polar surface area (TPSA) is 59.0 Å². The molecule has 2 amide bonds. The van der Waals surface area contributed by atoms with Crippen molar-refractivity contribution in [2.75, 3.05) is 5.32 Å². The zero-order valence-electron chi connectivity index (χ0n) is 16.9. The van der Waals surface area contributed by atoms with Gasteiger partial charge >= 0.3 is 6.03 Å². The molecule has 5 nitrogen and oxygen atoms in total. The lowest BCUT2D eigenvalue weighted by molar-refractivity contribution is 0.257. The lowest BCUT2D eigenvalue weighted by atomic mass is 9.99. The van der Waals surface area contributed by atoms with Gasteiger partial charge in [0.1, 0.15) is 5.82 Å². The van der Waals surface area contributed by atoms with Gasteiger partial charge in [-0.2, -0.15) is 0 Å². The Kier molecular flexibility index (Phi) is 5.49. The predicted molar refractivity (Wildman–Crippen MR) is 117 cm³/mol. The van der Waals surface area contributed by atoms with Gasteiger partial charge in [-0.25, -0.2) is 9.78 Å². The van der Waals surface area contributed by atoms with Crippen LogP contribution in [-0.2, 0) is 32.2 Å². The summed E-state index contributed by atoms with van der Waals surface area (Å²) >= 11 is 1.28. The second kappa shape index (κ2) is 8.03. The van der Waals surface area contributed by atoms with Crippen LogP contribution in [-0.4, -0.2) is 15.6 Å². The molecule has 2 aliphatic carbocycles. The molecule has 2 N–H and O–H groups in total. The number of hydrogen-bond donors (Lipinski definition) is 2. The molecular weight excluding hydrogens is 368 g/mol. The molecule has 28 heavy (non-hydrogen) atoms. The molecule has 1 heterocycles. The van der Waals surface area contributed by atoms with E-state index in [1.165, 1.54) is 52.7 Å². The highest BCUT2D eigenvalue weighted by Gasteiger charge is 2.24. The Labute approximate surface area is 171 Å². The van der Waals surface area contributed by atoms with Crippen LogP contribution < -0.4 is 10.0 Å². The number of fused-ring (bicyclic) bond motifs is 2. The fraction of sp³-hybridized carbons (Fsp3) is 0.455. The minimum Gasteiger partial charge on any atom is -0.329 e. The second-order valence-corrected chi connectivity index (χ2v) is 8.31. The van der Waals surface area contributed by atoms with Crippen LogP contribution in [0.3, 0.4) is 0 Å². The molecule has 1 aromatic heterocycles. The molecule has 148 valence electrons. The van der Waals surface area contributed by atoms with E-state index in [4.69, 9.17) is 0 Å². The number of hydrogen-bond acceptors (Lipinski definition) is 3. The number of rotatable bonds is 5. The molecule has 1 aromatic carbocycles. The van der Waals surface area contributed by atoms with E-state index in [1.54, 1.807) is 0 Å². The lowest BCUT2D eigenvalue weighted by Gasteiger charge is -2.16. The summed E-state index contributed by atoms with van der Waals surface area (Å²) in [6.45, 7) is 7.10. The van der Waals surface area contributed by atoms with E-state index in [0.717, 1.165) is 49.4 Å². The van der Waals surface area contributed by atoms with Gasteiger partial charge in [0.2, 0.25) is 0 Å². The summed E-state index contributed by atoms with van der Waals surface area (Å²) < 4.78 is 5.06. The first-order chi connectivity index (χ1) is 13.6. The molecular formula is C22H28N4OS. The highest BCUT2D eigenvalue weighted by atomic mass is 32.2. The van der Waals surface area contributed by atoms with Gasteiger partial charge in [0.25, 0.3) is 0 Å². The molecule has 0 spiro atoms. The summed E-state index contributed by atoms with van der Waals surface area (Å²) in [6, 6.07) is 2.22. The van der Waals surface area contributed by atoms with E-state index in [-0.39, 0.29) is 6.03 Å². The summed E-state index contributed by atoms with van der Waals surface area (Å²) in [5.41, 5.74) is 8.88. The van der Waals surface area contributed by atoms with Crippen molar-refractivity contribution in [2.24, 2.45) is 0 Å². The number of benzene rings is 1. The fourth-order valence-electron chi connectivity index (χ4n) is 4.50. The summed E-state index contributed by atoms with van der Waals surface area (Å²) in [4.78, 5) is 17.1.